The maximum atomic E-state index is 14.0. The van der Waals surface area contributed by atoms with E-state index in [4.69, 9.17) is 0 Å². The number of amides is 1. The first-order valence-electron chi connectivity index (χ1n) is 9.83. The summed E-state index contributed by atoms with van der Waals surface area (Å²) >= 11 is 0. The molecule has 4 nitrogen and oxygen atoms in total. The van der Waals surface area contributed by atoms with Gasteiger partial charge in [0.05, 0.1) is 17.6 Å². The van der Waals surface area contributed by atoms with Crippen molar-refractivity contribution in [2.75, 3.05) is 6.61 Å². The molecule has 1 fully saturated rings. The number of carbonyl (C=O) groups is 1. The Hall–Kier alpha value is -2.82. The summed E-state index contributed by atoms with van der Waals surface area (Å²) in [5.41, 5.74) is -3.92. The average Bonchev–Trinajstić information content (AvgIpc) is 3.45. The van der Waals surface area contributed by atoms with Gasteiger partial charge in [-0.05, 0) is 49.6 Å². The van der Waals surface area contributed by atoms with E-state index < -0.39 is 65.6 Å². The van der Waals surface area contributed by atoms with Crippen LogP contribution in [0.15, 0.2) is 36.4 Å². The SMILES string of the molecule is C[C@](O)(CC(=O)NC1(c2cc(OCC(F)(F)F)cc(C(F)F)c2)CC1)c1ccc(F)cc1F. The fourth-order valence-corrected chi connectivity index (χ4v) is 3.53. The summed E-state index contributed by atoms with van der Waals surface area (Å²) in [5, 5.41) is 13.2. The number of aliphatic hydroxyl groups is 1. The van der Waals surface area contributed by atoms with Gasteiger partial charge in [0.1, 0.15) is 17.4 Å². The lowest BCUT2D eigenvalue weighted by Gasteiger charge is -2.26. The molecule has 1 aliphatic rings. The Bertz CT molecular complexity index is 1030. The van der Waals surface area contributed by atoms with E-state index in [1.54, 1.807) is 0 Å². The molecule has 0 heterocycles. The Morgan fingerprint density at radius 1 is 1.15 bits per heavy atom. The molecule has 0 spiro atoms. The van der Waals surface area contributed by atoms with Crippen molar-refractivity contribution in [3.05, 3.63) is 64.7 Å². The zero-order valence-corrected chi connectivity index (χ0v) is 17.3. The number of carbonyl (C=O) groups excluding carboxylic acids is 1. The molecule has 180 valence electrons. The number of halogens is 7. The minimum Gasteiger partial charge on any atom is -0.484 e. The molecule has 0 radical (unpaired) electrons. The van der Waals surface area contributed by atoms with Crippen molar-refractivity contribution < 1.29 is 45.4 Å². The third-order valence-corrected chi connectivity index (χ3v) is 5.28. The highest BCUT2D eigenvalue weighted by atomic mass is 19.4. The van der Waals surface area contributed by atoms with E-state index in [9.17, 15) is 40.6 Å². The van der Waals surface area contributed by atoms with Crippen LogP contribution in [0.5, 0.6) is 5.75 Å². The molecule has 0 bridgehead atoms. The van der Waals surface area contributed by atoms with E-state index in [2.05, 4.69) is 10.1 Å². The standard InChI is InChI=1S/C22H20F7NO3/c1-20(32,16-3-2-14(23)9-17(16)24)10-18(31)30-21(4-5-21)13-6-12(19(25)26)7-15(8-13)33-11-22(27,28)29/h2-3,6-9,19,32H,4-5,10-11H2,1H3,(H,30,31)/t20-/m0/s1. The fraction of sp³-hybridized carbons (Fsp3) is 0.409. The van der Waals surface area contributed by atoms with Crippen molar-refractivity contribution in [3.63, 3.8) is 0 Å². The molecule has 1 atom stereocenters. The van der Waals surface area contributed by atoms with E-state index in [-0.39, 0.29) is 11.1 Å². The summed E-state index contributed by atoms with van der Waals surface area (Å²) in [6.45, 7) is -0.520. The normalized spacial score (nSPS) is 16.9. The molecular weight excluding hydrogens is 459 g/mol. The number of ether oxygens (including phenoxy) is 1. The molecule has 0 unspecified atom stereocenters. The van der Waals surface area contributed by atoms with Gasteiger partial charge in [-0.25, -0.2) is 17.6 Å². The summed E-state index contributed by atoms with van der Waals surface area (Å²) < 4.78 is 95.8. The first kappa shape index (κ1) is 24.8. The third-order valence-electron chi connectivity index (χ3n) is 5.28. The number of nitrogens with one attached hydrogen (secondary N) is 1. The van der Waals surface area contributed by atoms with Gasteiger partial charge < -0.3 is 15.2 Å². The van der Waals surface area contributed by atoms with Gasteiger partial charge in [0.2, 0.25) is 5.91 Å². The van der Waals surface area contributed by atoms with Gasteiger partial charge in [-0.15, -0.1) is 0 Å². The minimum absolute atomic E-state index is 0.124. The molecule has 1 saturated carbocycles. The van der Waals surface area contributed by atoms with Crippen LogP contribution in [0.4, 0.5) is 30.7 Å². The molecule has 3 rings (SSSR count). The van der Waals surface area contributed by atoms with Gasteiger partial charge in [0, 0.05) is 17.2 Å². The Labute approximate surface area is 184 Å². The molecule has 0 aromatic heterocycles. The number of alkyl halides is 5. The van der Waals surface area contributed by atoms with Crippen molar-refractivity contribution in [1.29, 1.82) is 0 Å². The van der Waals surface area contributed by atoms with Crippen LogP contribution in [-0.2, 0) is 15.9 Å². The van der Waals surface area contributed by atoms with Crippen LogP contribution in [0.25, 0.3) is 0 Å². The van der Waals surface area contributed by atoms with Crippen LogP contribution >= 0.6 is 0 Å². The Balaban J connectivity index is 1.79. The number of hydrogen-bond donors (Lipinski definition) is 2. The van der Waals surface area contributed by atoms with E-state index in [0.717, 1.165) is 37.3 Å². The number of benzene rings is 2. The highest BCUT2D eigenvalue weighted by Crippen LogP contribution is 2.47. The van der Waals surface area contributed by atoms with E-state index in [1.165, 1.54) is 0 Å². The zero-order valence-electron chi connectivity index (χ0n) is 17.3. The van der Waals surface area contributed by atoms with Crippen LogP contribution in [-0.4, -0.2) is 23.8 Å². The van der Waals surface area contributed by atoms with Gasteiger partial charge in [-0.2, -0.15) is 13.2 Å². The summed E-state index contributed by atoms with van der Waals surface area (Å²) in [6, 6.07) is 5.48. The third kappa shape index (κ3) is 6.16. The molecule has 33 heavy (non-hydrogen) atoms. The molecule has 2 N–H and O–H groups in total. The van der Waals surface area contributed by atoms with Gasteiger partial charge >= 0.3 is 6.18 Å². The van der Waals surface area contributed by atoms with Gasteiger partial charge in [-0.1, -0.05) is 6.07 Å². The first-order chi connectivity index (χ1) is 15.2. The highest BCUT2D eigenvalue weighted by molar-refractivity contribution is 5.79. The molecule has 2 aromatic rings. The second kappa shape index (κ2) is 8.85. The van der Waals surface area contributed by atoms with Gasteiger partial charge in [0.25, 0.3) is 6.43 Å². The predicted octanol–water partition coefficient (Wildman–Crippen LogP) is 5.25. The van der Waals surface area contributed by atoms with E-state index >= 15 is 0 Å². The smallest absolute Gasteiger partial charge is 0.422 e. The van der Waals surface area contributed by atoms with Crippen molar-refractivity contribution in [2.45, 2.75) is 49.9 Å². The quantitative estimate of drug-likeness (QED) is 0.509. The van der Waals surface area contributed by atoms with Crippen LogP contribution in [0.2, 0.25) is 0 Å². The van der Waals surface area contributed by atoms with E-state index in [0.29, 0.717) is 18.9 Å². The Kier molecular flexibility index (Phi) is 6.65. The average molecular weight is 479 g/mol. The van der Waals surface area contributed by atoms with Gasteiger partial charge in [0.15, 0.2) is 6.61 Å². The maximum absolute atomic E-state index is 14.0. The largest absolute Gasteiger partial charge is 0.484 e. The second-order valence-corrected chi connectivity index (χ2v) is 8.20. The number of hydrogen-bond acceptors (Lipinski definition) is 3. The fourth-order valence-electron chi connectivity index (χ4n) is 3.53. The Morgan fingerprint density at radius 3 is 2.36 bits per heavy atom. The zero-order chi connectivity index (χ0) is 24.6. The highest BCUT2D eigenvalue weighted by Gasteiger charge is 2.47. The van der Waals surface area contributed by atoms with Crippen molar-refractivity contribution in [1.82, 2.24) is 5.32 Å². The molecule has 1 aliphatic carbocycles. The summed E-state index contributed by atoms with van der Waals surface area (Å²) in [4.78, 5) is 12.6. The Morgan fingerprint density at radius 2 is 1.82 bits per heavy atom. The lowest BCUT2D eigenvalue weighted by Crippen LogP contribution is -2.39. The first-order valence-corrected chi connectivity index (χ1v) is 9.83. The lowest BCUT2D eigenvalue weighted by atomic mass is 9.91. The molecule has 0 aliphatic heterocycles. The maximum Gasteiger partial charge on any atom is 0.422 e. The molecule has 1 amide bonds. The van der Waals surface area contributed by atoms with Crippen molar-refractivity contribution >= 4 is 5.91 Å². The molecule has 0 saturated heterocycles. The van der Waals surface area contributed by atoms with Crippen LogP contribution in [0.3, 0.4) is 0 Å². The molecular formula is C22H20F7NO3. The van der Waals surface area contributed by atoms with Crippen LogP contribution in [0.1, 0.15) is 49.3 Å². The monoisotopic (exact) mass is 479 g/mol. The van der Waals surface area contributed by atoms with Gasteiger partial charge in [-0.3, -0.25) is 4.79 Å². The van der Waals surface area contributed by atoms with Crippen molar-refractivity contribution in [3.8, 4) is 5.75 Å². The summed E-state index contributed by atoms with van der Waals surface area (Å²) in [7, 11) is 0. The van der Waals surface area contributed by atoms with E-state index in [1.807, 2.05) is 0 Å². The van der Waals surface area contributed by atoms with Crippen LogP contribution in [0, 0.1) is 11.6 Å². The van der Waals surface area contributed by atoms with Crippen LogP contribution < -0.4 is 10.1 Å². The lowest BCUT2D eigenvalue weighted by molar-refractivity contribution is -0.153. The molecule has 2 aromatic carbocycles. The second-order valence-electron chi connectivity index (χ2n) is 8.20. The summed E-state index contributed by atoms with van der Waals surface area (Å²) in [5.74, 6) is -3.11. The van der Waals surface area contributed by atoms with Crippen molar-refractivity contribution in [2.24, 2.45) is 0 Å². The predicted molar refractivity (Wildman–Crippen MR) is 103 cm³/mol. The summed E-state index contributed by atoms with van der Waals surface area (Å²) in [6.07, 6.45) is -7.70. The number of rotatable bonds is 8. The topological polar surface area (TPSA) is 58.6 Å². The molecule has 11 heteroatoms. The minimum atomic E-state index is -4.67.